The maximum atomic E-state index is 5.70. The van der Waals surface area contributed by atoms with Gasteiger partial charge < -0.3 is 10.1 Å². The molecule has 7 heteroatoms. The van der Waals surface area contributed by atoms with Gasteiger partial charge >= 0.3 is 0 Å². The Hall–Kier alpha value is -2.25. The topological polar surface area (TPSA) is 74.7 Å². The summed E-state index contributed by atoms with van der Waals surface area (Å²) in [7, 11) is 0. The van der Waals surface area contributed by atoms with Gasteiger partial charge in [-0.15, -0.1) is 0 Å². The number of nitrogens with zero attached hydrogens (tertiary/aromatic N) is 4. The van der Waals surface area contributed by atoms with Gasteiger partial charge in [-0.1, -0.05) is 11.6 Å². The van der Waals surface area contributed by atoms with E-state index in [0.29, 0.717) is 18.7 Å². The van der Waals surface area contributed by atoms with Crippen molar-refractivity contribution in [2.45, 2.75) is 39.7 Å². The molecular weight excluding hydrogens is 328 g/mol. The highest BCUT2D eigenvalue weighted by atomic mass is 16.5. The van der Waals surface area contributed by atoms with Gasteiger partial charge in [0.15, 0.2) is 0 Å². The highest BCUT2D eigenvalue weighted by Gasteiger charge is 2.21. The van der Waals surface area contributed by atoms with Crippen LogP contribution in [0, 0.1) is 20.8 Å². The van der Waals surface area contributed by atoms with Crippen molar-refractivity contribution in [2.24, 2.45) is 4.99 Å². The number of rotatable bonds is 3. The van der Waals surface area contributed by atoms with Crippen molar-refractivity contribution in [2.75, 3.05) is 31.8 Å². The third-order valence-electron chi connectivity index (χ3n) is 4.94. The molecular formula is C19H26N6O. The Labute approximate surface area is 153 Å². The second-order valence-electron chi connectivity index (χ2n) is 7.21. The van der Waals surface area contributed by atoms with Crippen LogP contribution >= 0.6 is 0 Å². The van der Waals surface area contributed by atoms with Gasteiger partial charge in [0.05, 0.1) is 30.7 Å². The molecule has 1 aromatic heterocycles. The van der Waals surface area contributed by atoms with Crippen molar-refractivity contribution in [3.8, 4) is 0 Å². The number of hydrogen-bond acceptors (Lipinski definition) is 7. The van der Waals surface area contributed by atoms with Crippen molar-refractivity contribution in [1.82, 2.24) is 20.2 Å². The van der Waals surface area contributed by atoms with Gasteiger partial charge in [0.2, 0.25) is 11.9 Å². The summed E-state index contributed by atoms with van der Waals surface area (Å²) in [6.45, 7) is 9.42. The average molecular weight is 354 g/mol. The first-order valence-electron chi connectivity index (χ1n) is 9.23. The van der Waals surface area contributed by atoms with Crippen LogP contribution in [0.25, 0.3) is 10.9 Å². The average Bonchev–Trinajstić information content (AvgIpc) is 3.11. The number of nitrogens with one attached hydrogen (secondary N) is 2. The Bertz CT molecular complexity index is 844. The van der Waals surface area contributed by atoms with Gasteiger partial charge in [-0.2, -0.15) is 0 Å². The first-order valence-corrected chi connectivity index (χ1v) is 9.23. The summed E-state index contributed by atoms with van der Waals surface area (Å²) >= 11 is 0. The van der Waals surface area contributed by atoms with Crippen molar-refractivity contribution in [3.05, 3.63) is 29.0 Å². The first kappa shape index (κ1) is 17.2. The van der Waals surface area contributed by atoms with Crippen LogP contribution in [0.2, 0.25) is 0 Å². The van der Waals surface area contributed by atoms with Gasteiger partial charge in [-0.25, -0.2) is 15.0 Å². The molecule has 0 amide bonds. The molecule has 138 valence electrons. The van der Waals surface area contributed by atoms with Crippen LogP contribution in [0.15, 0.2) is 17.1 Å². The predicted octanol–water partition coefficient (Wildman–Crippen LogP) is 2.32. The van der Waals surface area contributed by atoms with E-state index in [1.165, 1.54) is 12.0 Å². The molecule has 2 N–H and O–H groups in total. The second-order valence-corrected chi connectivity index (χ2v) is 7.21. The Balaban J connectivity index is 1.46. The maximum absolute atomic E-state index is 5.70. The van der Waals surface area contributed by atoms with E-state index in [-0.39, 0.29) is 0 Å². The van der Waals surface area contributed by atoms with Crippen molar-refractivity contribution in [3.63, 3.8) is 0 Å². The summed E-state index contributed by atoms with van der Waals surface area (Å²) in [5.41, 5.74) is 4.35. The third-order valence-corrected chi connectivity index (χ3v) is 4.94. The molecule has 1 fully saturated rings. The Morgan fingerprint density at radius 1 is 1.27 bits per heavy atom. The summed E-state index contributed by atoms with van der Waals surface area (Å²) in [5.74, 6) is 1.30. The molecule has 1 aromatic carbocycles. The van der Waals surface area contributed by atoms with E-state index in [1.54, 1.807) is 0 Å². The fourth-order valence-electron chi connectivity index (χ4n) is 3.64. The molecule has 2 aliphatic rings. The maximum Gasteiger partial charge on any atom is 0.230 e. The van der Waals surface area contributed by atoms with Gasteiger partial charge in [0, 0.05) is 18.5 Å². The fourth-order valence-corrected chi connectivity index (χ4v) is 3.64. The van der Waals surface area contributed by atoms with Gasteiger partial charge in [-0.05, 0) is 45.2 Å². The van der Waals surface area contributed by atoms with E-state index in [9.17, 15) is 0 Å². The van der Waals surface area contributed by atoms with Crippen molar-refractivity contribution in [1.29, 1.82) is 0 Å². The number of anilines is 1. The highest BCUT2D eigenvalue weighted by Crippen LogP contribution is 2.22. The van der Waals surface area contributed by atoms with Crippen LogP contribution in [0.5, 0.6) is 0 Å². The monoisotopic (exact) mass is 354 g/mol. The normalized spacial score (nSPS) is 20.9. The van der Waals surface area contributed by atoms with Crippen LogP contribution in [0.3, 0.4) is 0 Å². The van der Waals surface area contributed by atoms with Gasteiger partial charge in [-0.3, -0.25) is 10.2 Å². The molecule has 7 nitrogen and oxygen atoms in total. The zero-order valence-electron chi connectivity index (χ0n) is 15.7. The molecule has 1 atom stereocenters. The molecule has 2 aliphatic heterocycles. The molecule has 2 aromatic rings. The van der Waals surface area contributed by atoms with E-state index < -0.39 is 0 Å². The lowest BCUT2D eigenvalue weighted by molar-refractivity contribution is 0.0715. The van der Waals surface area contributed by atoms with E-state index >= 15 is 0 Å². The zero-order chi connectivity index (χ0) is 18.1. The molecule has 26 heavy (non-hydrogen) atoms. The summed E-state index contributed by atoms with van der Waals surface area (Å²) in [4.78, 5) is 16.1. The first-order chi connectivity index (χ1) is 12.6. The Morgan fingerprint density at radius 3 is 2.88 bits per heavy atom. The molecule has 3 heterocycles. The highest BCUT2D eigenvalue weighted by molar-refractivity contribution is 5.94. The minimum absolute atomic E-state index is 0.347. The molecule has 0 radical (unpaired) electrons. The Kier molecular flexibility index (Phi) is 4.74. The van der Waals surface area contributed by atoms with Crippen molar-refractivity contribution < 1.29 is 4.74 Å². The summed E-state index contributed by atoms with van der Waals surface area (Å²) in [5, 5.41) is 7.65. The van der Waals surface area contributed by atoms with E-state index in [2.05, 4.69) is 51.5 Å². The number of hydrogen-bond donors (Lipinski definition) is 2. The standard InChI is InChI=1S/C19H26N6O/c1-12-7-13(2)17-16(8-12)14(3)22-19(23-17)24-18-20-10-25(11-21-18)9-15-5-4-6-26-15/h7-8,15H,4-6,9-11H2,1-3H3,(H2,20,21,22,23,24). The second kappa shape index (κ2) is 7.17. The molecule has 0 saturated carbocycles. The van der Waals surface area contributed by atoms with E-state index in [0.717, 1.165) is 54.4 Å². The molecule has 0 aliphatic carbocycles. The number of ether oxygens (including phenoxy) is 1. The van der Waals surface area contributed by atoms with Gasteiger partial charge in [0.25, 0.3) is 0 Å². The smallest absolute Gasteiger partial charge is 0.230 e. The molecule has 1 unspecified atom stereocenters. The fraction of sp³-hybridized carbons (Fsp3) is 0.526. The largest absolute Gasteiger partial charge is 0.377 e. The molecule has 4 rings (SSSR count). The minimum atomic E-state index is 0.347. The Morgan fingerprint density at radius 2 is 2.15 bits per heavy atom. The summed E-state index contributed by atoms with van der Waals surface area (Å²) in [6, 6.07) is 4.29. The summed E-state index contributed by atoms with van der Waals surface area (Å²) < 4.78 is 5.70. The quantitative estimate of drug-likeness (QED) is 0.881. The van der Waals surface area contributed by atoms with Crippen molar-refractivity contribution >= 4 is 22.8 Å². The van der Waals surface area contributed by atoms with E-state index in [4.69, 9.17) is 9.72 Å². The van der Waals surface area contributed by atoms with Crippen LogP contribution in [-0.4, -0.2) is 53.4 Å². The minimum Gasteiger partial charge on any atom is -0.377 e. The SMILES string of the molecule is Cc1cc(C)c2nc(NC3=NCN(CC4CCCO4)CN3)nc(C)c2c1. The number of fused-ring (bicyclic) bond motifs is 1. The molecule has 0 bridgehead atoms. The summed E-state index contributed by atoms with van der Waals surface area (Å²) in [6.07, 6.45) is 2.66. The number of aromatic nitrogens is 2. The lowest BCUT2D eigenvalue weighted by Gasteiger charge is -2.28. The number of benzene rings is 1. The number of aryl methyl sites for hydroxylation is 3. The van der Waals surface area contributed by atoms with Crippen LogP contribution in [0.4, 0.5) is 5.95 Å². The van der Waals surface area contributed by atoms with Gasteiger partial charge in [0.1, 0.15) is 0 Å². The lowest BCUT2D eigenvalue weighted by atomic mass is 10.1. The third kappa shape index (κ3) is 3.64. The molecule has 1 saturated heterocycles. The number of guanidine groups is 1. The zero-order valence-corrected chi connectivity index (χ0v) is 15.7. The molecule has 0 spiro atoms. The van der Waals surface area contributed by atoms with Crippen LogP contribution in [-0.2, 0) is 4.74 Å². The van der Waals surface area contributed by atoms with Crippen LogP contribution in [0.1, 0.15) is 29.7 Å². The predicted molar refractivity (Wildman–Crippen MR) is 103 cm³/mol. The van der Waals surface area contributed by atoms with Crippen LogP contribution < -0.4 is 10.6 Å². The lowest BCUT2D eigenvalue weighted by Crippen LogP contribution is -2.48. The van der Waals surface area contributed by atoms with E-state index in [1.807, 2.05) is 6.92 Å². The number of aliphatic imine (C=N–C) groups is 1.